The average Bonchev–Trinajstić information content (AvgIpc) is 2.93. The highest BCUT2D eigenvalue weighted by molar-refractivity contribution is 5.87. The largest absolute Gasteiger partial charge is 0.465 e. The van der Waals surface area contributed by atoms with Gasteiger partial charge in [-0.3, -0.25) is 9.88 Å². The molecule has 3 rings (SSSR count). The van der Waals surface area contributed by atoms with Crippen molar-refractivity contribution in [3.05, 3.63) is 48.8 Å². The number of hydrogen-bond donors (Lipinski definition) is 1. The van der Waals surface area contributed by atoms with E-state index in [1.165, 1.54) is 4.90 Å². The van der Waals surface area contributed by atoms with Crippen LogP contribution in [-0.2, 0) is 0 Å². The maximum Gasteiger partial charge on any atom is 0.413 e. The number of anilines is 1. The maximum atomic E-state index is 11.7. The lowest BCUT2D eigenvalue weighted by Crippen LogP contribution is -2.46. The zero-order valence-electron chi connectivity index (χ0n) is 13.3. The van der Waals surface area contributed by atoms with E-state index in [0.29, 0.717) is 5.82 Å². The van der Waals surface area contributed by atoms with Crippen LogP contribution in [0.1, 0.15) is 20.8 Å². The molecule has 1 amide bonds. The van der Waals surface area contributed by atoms with Crippen LogP contribution in [0.5, 0.6) is 0 Å². The van der Waals surface area contributed by atoms with Crippen LogP contribution < -0.4 is 4.90 Å². The number of benzene rings is 1. The molecule has 0 fully saturated rings. The van der Waals surface area contributed by atoms with Crippen molar-refractivity contribution in [3.63, 3.8) is 0 Å². The quantitative estimate of drug-likeness (QED) is 0.783. The number of pyridine rings is 1. The lowest BCUT2D eigenvalue weighted by Gasteiger charge is -2.32. The second-order valence-electron chi connectivity index (χ2n) is 6.27. The molecule has 0 aliphatic carbocycles. The summed E-state index contributed by atoms with van der Waals surface area (Å²) in [6.45, 7) is 5.55. The van der Waals surface area contributed by atoms with Gasteiger partial charge < -0.3 is 5.11 Å². The number of amides is 1. The van der Waals surface area contributed by atoms with Crippen LogP contribution in [0.2, 0.25) is 0 Å². The molecule has 3 aromatic rings. The number of carbonyl (C=O) groups is 1. The average molecular weight is 310 g/mol. The number of fused-ring (bicyclic) bond motifs is 1. The van der Waals surface area contributed by atoms with Crippen LogP contribution in [0.25, 0.3) is 16.6 Å². The first-order chi connectivity index (χ1) is 10.9. The molecule has 0 atom stereocenters. The van der Waals surface area contributed by atoms with Crippen molar-refractivity contribution in [1.29, 1.82) is 0 Å². The Morgan fingerprint density at radius 1 is 1.17 bits per heavy atom. The maximum absolute atomic E-state index is 11.7. The Kier molecular flexibility index (Phi) is 3.52. The zero-order valence-corrected chi connectivity index (χ0v) is 13.3. The summed E-state index contributed by atoms with van der Waals surface area (Å²) < 4.78 is 1.63. The first kappa shape index (κ1) is 15.0. The summed E-state index contributed by atoms with van der Waals surface area (Å²) in [5, 5.41) is 14.9. The SMILES string of the molecule is CC(C)(C)N(C(=O)O)c1ccnn1-c1ccc2ncccc2c1. The second kappa shape index (κ2) is 5.39. The van der Waals surface area contributed by atoms with E-state index >= 15 is 0 Å². The molecular formula is C17H18N4O2. The van der Waals surface area contributed by atoms with E-state index in [1.54, 1.807) is 23.1 Å². The van der Waals surface area contributed by atoms with Gasteiger partial charge in [0, 0.05) is 23.2 Å². The molecule has 1 aromatic carbocycles. The Hall–Kier alpha value is -2.89. The molecule has 0 saturated carbocycles. The molecule has 0 bridgehead atoms. The van der Waals surface area contributed by atoms with E-state index < -0.39 is 11.6 Å². The standard InChI is InChI=1S/C17H18N4O2/c1-17(2,3)20(16(22)23)15-8-10-19-21(15)13-6-7-14-12(11-13)5-4-9-18-14/h4-11H,1-3H3,(H,22,23). The fraction of sp³-hybridized carbons (Fsp3) is 0.235. The molecular weight excluding hydrogens is 292 g/mol. The summed E-state index contributed by atoms with van der Waals surface area (Å²) in [6.07, 6.45) is 2.33. The van der Waals surface area contributed by atoms with Gasteiger partial charge in [-0.25, -0.2) is 9.48 Å². The summed E-state index contributed by atoms with van der Waals surface area (Å²) in [7, 11) is 0. The monoisotopic (exact) mass is 310 g/mol. The Labute approximate surface area is 134 Å². The predicted molar refractivity (Wildman–Crippen MR) is 89.1 cm³/mol. The minimum Gasteiger partial charge on any atom is -0.465 e. The lowest BCUT2D eigenvalue weighted by molar-refractivity contribution is 0.195. The fourth-order valence-electron chi connectivity index (χ4n) is 2.59. The lowest BCUT2D eigenvalue weighted by atomic mass is 10.1. The number of aromatic nitrogens is 3. The fourth-order valence-corrected chi connectivity index (χ4v) is 2.59. The Bertz CT molecular complexity index is 864. The van der Waals surface area contributed by atoms with Crippen molar-refractivity contribution < 1.29 is 9.90 Å². The van der Waals surface area contributed by atoms with Gasteiger partial charge in [-0.1, -0.05) is 6.07 Å². The molecule has 0 saturated heterocycles. The highest BCUT2D eigenvalue weighted by atomic mass is 16.4. The first-order valence-electron chi connectivity index (χ1n) is 7.30. The van der Waals surface area contributed by atoms with Crippen LogP contribution >= 0.6 is 0 Å². The van der Waals surface area contributed by atoms with Gasteiger partial charge in [0.05, 0.1) is 17.4 Å². The van der Waals surface area contributed by atoms with E-state index in [1.807, 2.05) is 51.1 Å². The molecule has 0 spiro atoms. The summed E-state index contributed by atoms with van der Waals surface area (Å²) in [5.41, 5.74) is 1.10. The molecule has 6 heteroatoms. The summed E-state index contributed by atoms with van der Waals surface area (Å²) in [5.74, 6) is 0.508. The topological polar surface area (TPSA) is 71.2 Å². The number of carboxylic acid groups (broad SMARTS) is 1. The van der Waals surface area contributed by atoms with E-state index in [0.717, 1.165) is 16.6 Å². The van der Waals surface area contributed by atoms with Crippen molar-refractivity contribution in [1.82, 2.24) is 14.8 Å². The number of hydrogen-bond acceptors (Lipinski definition) is 3. The molecule has 0 aliphatic rings. The Balaban J connectivity index is 2.14. The molecule has 118 valence electrons. The van der Waals surface area contributed by atoms with Gasteiger partial charge in [0.2, 0.25) is 0 Å². The van der Waals surface area contributed by atoms with Crippen molar-refractivity contribution in [2.75, 3.05) is 4.90 Å². The molecule has 2 aromatic heterocycles. The summed E-state index contributed by atoms with van der Waals surface area (Å²) >= 11 is 0. The van der Waals surface area contributed by atoms with E-state index in [4.69, 9.17) is 0 Å². The van der Waals surface area contributed by atoms with E-state index in [9.17, 15) is 9.90 Å². The third-order valence-corrected chi connectivity index (χ3v) is 3.55. The van der Waals surface area contributed by atoms with Crippen LogP contribution in [0, 0.1) is 0 Å². The highest BCUT2D eigenvalue weighted by Crippen LogP contribution is 2.27. The van der Waals surface area contributed by atoms with Gasteiger partial charge in [0.1, 0.15) is 5.82 Å². The molecule has 1 N–H and O–H groups in total. The van der Waals surface area contributed by atoms with Gasteiger partial charge in [0.15, 0.2) is 0 Å². The normalized spacial score (nSPS) is 11.6. The highest BCUT2D eigenvalue weighted by Gasteiger charge is 2.30. The van der Waals surface area contributed by atoms with Gasteiger partial charge >= 0.3 is 6.09 Å². The third kappa shape index (κ3) is 2.75. The van der Waals surface area contributed by atoms with Crippen molar-refractivity contribution in [3.8, 4) is 5.69 Å². The van der Waals surface area contributed by atoms with Gasteiger partial charge in [-0.05, 0) is 45.0 Å². The second-order valence-corrected chi connectivity index (χ2v) is 6.27. The molecule has 23 heavy (non-hydrogen) atoms. The smallest absolute Gasteiger partial charge is 0.413 e. The van der Waals surface area contributed by atoms with Gasteiger partial charge in [-0.2, -0.15) is 5.10 Å². The molecule has 6 nitrogen and oxygen atoms in total. The minimum absolute atomic E-state index is 0.508. The van der Waals surface area contributed by atoms with Crippen molar-refractivity contribution in [2.45, 2.75) is 26.3 Å². The van der Waals surface area contributed by atoms with Gasteiger partial charge in [0.25, 0.3) is 0 Å². The van der Waals surface area contributed by atoms with Crippen molar-refractivity contribution >= 4 is 22.8 Å². The molecule has 2 heterocycles. The molecule has 0 radical (unpaired) electrons. The van der Waals surface area contributed by atoms with Crippen LogP contribution in [0.3, 0.4) is 0 Å². The Morgan fingerprint density at radius 3 is 2.65 bits per heavy atom. The van der Waals surface area contributed by atoms with Crippen LogP contribution in [0.15, 0.2) is 48.8 Å². The summed E-state index contributed by atoms with van der Waals surface area (Å²) in [4.78, 5) is 17.3. The molecule has 0 unspecified atom stereocenters. The van der Waals surface area contributed by atoms with Crippen molar-refractivity contribution in [2.24, 2.45) is 0 Å². The number of rotatable bonds is 2. The first-order valence-corrected chi connectivity index (χ1v) is 7.30. The Morgan fingerprint density at radius 2 is 1.96 bits per heavy atom. The minimum atomic E-state index is -1.01. The predicted octanol–water partition coefficient (Wildman–Crippen LogP) is 3.70. The molecule has 0 aliphatic heterocycles. The van der Waals surface area contributed by atoms with Crippen LogP contribution in [0.4, 0.5) is 10.6 Å². The van der Waals surface area contributed by atoms with Crippen LogP contribution in [-0.4, -0.2) is 31.5 Å². The summed E-state index contributed by atoms with van der Waals surface area (Å²) in [6, 6.07) is 11.3. The zero-order chi connectivity index (χ0) is 16.6. The van der Waals surface area contributed by atoms with E-state index in [2.05, 4.69) is 10.1 Å². The number of nitrogens with zero attached hydrogens (tertiary/aromatic N) is 4. The van der Waals surface area contributed by atoms with E-state index in [-0.39, 0.29) is 0 Å². The third-order valence-electron chi connectivity index (χ3n) is 3.55. The van der Waals surface area contributed by atoms with Gasteiger partial charge in [-0.15, -0.1) is 0 Å².